The van der Waals surface area contributed by atoms with Crippen LogP contribution in [0, 0.1) is 0 Å². The van der Waals surface area contributed by atoms with E-state index in [1.165, 1.54) is 16.7 Å². The maximum Gasteiger partial charge on any atom is 0.0471 e. The van der Waals surface area contributed by atoms with Crippen LogP contribution in [0.1, 0.15) is 16.7 Å². The number of aliphatic hydroxyl groups excluding tert-OH is 1. The molecule has 0 saturated heterocycles. The summed E-state index contributed by atoms with van der Waals surface area (Å²) in [5, 5.41) is 8.89. The van der Waals surface area contributed by atoms with E-state index in [0.717, 1.165) is 19.5 Å². The molecule has 2 nitrogen and oxygen atoms in total. The molecular weight excluding hydrogens is 234 g/mol. The maximum atomic E-state index is 8.89. The fourth-order valence-corrected chi connectivity index (χ4v) is 2.20. The monoisotopic (exact) mass is 255 g/mol. The molecule has 0 radical (unpaired) electrons. The predicted octanol–water partition coefficient (Wildman–Crippen LogP) is 2.85. The van der Waals surface area contributed by atoms with E-state index in [0.29, 0.717) is 0 Å². The van der Waals surface area contributed by atoms with Gasteiger partial charge in [-0.05, 0) is 30.2 Å². The molecule has 2 heteroatoms. The van der Waals surface area contributed by atoms with E-state index in [2.05, 4.69) is 60.5 Å². The average molecular weight is 255 g/mol. The summed E-state index contributed by atoms with van der Waals surface area (Å²) in [6.45, 7) is 2.11. The average Bonchev–Trinajstić information content (AvgIpc) is 2.42. The first-order valence-electron chi connectivity index (χ1n) is 6.69. The highest BCUT2D eigenvalue weighted by Crippen LogP contribution is 2.10. The van der Waals surface area contributed by atoms with Crippen molar-refractivity contribution in [3.05, 3.63) is 71.3 Å². The Morgan fingerprint density at radius 1 is 0.789 bits per heavy atom. The Bertz CT molecular complexity index is 478. The molecule has 100 valence electrons. The minimum atomic E-state index is 0.216. The molecule has 2 aromatic rings. The lowest BCUT2D eigenvalue weighted by Gasteiger charge is -2.17. The Morgan fingerprint density at radius 3 is 1.89 bits per heavy atom. The lowest BCUT2D eigenvalue weighted by Crippen LogP contribution is -2.17. The number of rotatable bonds is 6. The van der Waals surface area contributed by atoms with Gasteiger partial charge in [0.25, 0.3) is 0 Å². The second kappa shape index (κ2) is 7.07. The molecule has 0 aromatic heterocycles. The quantitative estimate of drug-likeness (QED) is 0.858. The fraction of sp³-hybridized carbons (Fsp3) is 0.294. The van der Waals surface area contributed by atoms with Crippen molar-refractivity contribution < 1.29 is 5.11 Å². The molecule has 2 aromatic carbocycles. The zero-order chi connectivity index (χ0) is 13.5. The van der Waals surface area contributed by atoms with Crippen LogP contribution in [0.5, 0.6) is 0 Å². The summed E-state index contributed by atoms with van der Waals surface area (Å²) in [6.07, 6.45) is 0.736. The molecule has 0 aliphatic rings. The third-order valence-corrected chi connectivity index (χ3v) is 3.17. The van der Waals surface area contributed by atoms with Gasteiger partial charge in [0.05, 0.1) is 0 Å². The third-order valence-electron chi connectivity index (χ3n) is 3.17. The van der Waals surface area contributed by atoms with Crippen molar-refractivity contribution in [2.45, 2.75) is 19.5 Å². The molecule has 0 heterocycles. The molecular formula is C17H21NO. The van der Waals surface area contributed by atoms with Crippen molar-refractivity contribution >= 4 is 0 Å². The van der Waals surface area contributed by atoms with Crippen molar-refractivity contribution in [1.29, 1.82) is 0 Å². The third kappa shape index (κ3) is 4.51. The first-order chi connectivity index (χ1) is 9.28. The van der Waals surface area contributed by atoms with Crippen molar-refractivity contribution in [2.75, 3.05) is 13.7 Å². The van der Waals surface area contributed by atoms with Crippen molar-refractivity contribution in [3.8, 4) is 0 Å². The smallest absolute Gasteiger partial charge is 0.0471 e. The molecule has 0 bridgehead atoms. The van der Waals surface area contributed by atoms with Gasteiger partial charge in [-0.1, -0.05) is 54.6 Å². The van der Waals surface area contributed by atoms with Crippen molar-refractivity contribution in [3.63, 3.8) is 0 Å². The second-order valence-corrected chi connectivity index (χ2v) is 4.95. The molecule has 0 amide bonds. The zero-order valence-corrected chi connectivity index (χ0v) is 11.4. The normalized spacial score (nSPS) is 10.9. The molecule has 0 aliphatic heterocycles. The van der Waals surface area contributed by atoms with Gasteiger partial charge in [0.2, 0.25) is 0 Å². The molecule has 0 unspecified atom stereocenters. The van der Waals surface area contributed by atoms with Crippen molar-refractivity contribution in [2.24, 2.45) is 0 Å². The number of benzene rings is 2. The second-order valence-electron chi connectivity index (χ2n) is 4.95. The minimum Gasteiger partial charge on any atom is -0.396 e. The van der Waals surface area contributed by atoms with Crippen LogP contribution in [-0.2, 0) is 19.5 Å². The van der Waals surface area contributed by atoms with E-state index < -0.39 is 0 Å². The molecule has 0 atom stereocenters. The van der Waals surface area contributed by atoms with Crippen LogP contribution in [0.4, 0.5) is 0 Å². The van der Waals surface area contributed by atoms with Gasteiger partial charge < -0.3 is 5.11 Å². The minimum absolute atomic E-state index is 0.216. The standard InChI is InChI=1S/C17H21NO/c1-18(13-16-5-3-2-4-6-16)14-17-9-7-15(8-10-17)11-12-19/h2-10,19H,11-14H2,1H3. The van der Waals surface area contributed by atoms with Crippen LogP contribution < -0.4 is 0 Å². The van der Waals surface area contributed by atoms with E-state index in [1.807, 2.05) is 6.07 Å². The highest BCUT2D eigenvalue weighted by atomic mass is 16.2. The van der Waals surface area contributed by atoms with Crippen LogP contribution in [0.15, 0.2) is 54.6 Å². The summed E-state index contributed by atoms with van der Waals surface area (Å²) >= 11 is 0. The van der Waals surface area contributed by atoms with E-state index in [1.54, 1.807) is 0 Å². The lowest BCUT2D eigenvalue weighted by molar-refractivity contribution is 0.299. The summed E-state index contributed by atoms with van der Waals surface area (Å²) < 4.78 is 0. The lowest BCUT2D eigenvalue weighted by atomic mass is 10.1. The number of nitrogens with zero attached hydrogens (tertiary/aromatic N) is 1. The van der Waals surface area contributed by atoms with Gasteiger partial charge in [-0.2, -0.15) is 0 Å². The van der Waals surface area contributed by atoms with Gasteiger partial charge in [-0.3, -0.25) is 4.90 Å². The molecule has 0 spiro atoms. The van der Waals surface area contributed by atoms with Gasteiger partial charge in [0.1, 0.15) is 0 Å². The van der Waals surface area contributed by atoms with Crippen LogP contribution >= 0.6 is 0 Å². The summed E-state index contributed by atoms with van der Waals surface area (Å²) in [7, 11) is 2.13. The summed E-state index contributed by atoms with van der Waals surface area (Å²) in [5.74, 6) is 0. The molecule has 0 aliphatic carbocycles. The highest BCUT2D eigenvalue weighted by molar-refractivity contribution is 5.23. The summed E-state index contributed by atoms with van der Waals surface area (Å²) in [6, 6.07) is 19.0. The fourth-order valence-electron chi connectivity index (χ4n) is 2.20. The van der Waals surface area contributed by atoms with Crippen LogP contribution in [0.2, 0.25) is 0 Å². The predicted molar refractivity (Wildman–Crippen MR) is 78.8 cm³/mol. The summed E-state index contributed by atoms with van der Waals surface area (Å²) in [4.78, 5) is 2.30. The number of aliphatic hydroxyl groups is 1. The first-order valence-corrected chi connectivity index (χ1v) is 6.69. The van der Waals surface area contributed by atoms with Gasteiger partial charge in [-0.25, -0.2) is 0 Å². The Labute approximate surface area is 115 Å². The van der Waals surface area contributed by atoms with Gasteiger partial charge in [-0.15, -0.1) is 0 Å². The largest absolute Gasteiger partial charge is 0.396 e. The zero-order valence-electron chi connectivity index (χ0n) is 11.4. The van der Waals surface area contributed by atoms with Gasteiger partial charge >= 0.3 is 0 Å². The van der Waals surface area contributed by atoms with E-state index in [-0.39, 0.29) is 6.61 Å². The highest BCUT2D eigenvalue weighted by Gasteiger charge is 2.01. The van der Waals surface area contributed by atoms with Crippen LogP contribution in [0.25, 0.3) is 0 Å². The maximum absolute atomic E-state index is 8.89. The van der Waals surface area contributed by atoms with Gasteiger partial charge in [0, 0.05) is 19.7 Å². The van der Waals surface area contributed by atoms with Crippen LogP contribution in [0.3, 0.4) is 0 Å². The first kappa shape index (κ1) is 13.8. The van der Waals surface area contributed by atoms with Gasteiger partial charge in [0.15, 0.2) is 0 Å². The van der Waals surface area contributed by atoms with E-state index >= 15 is 0 Å². The molecule has 1 N–H and O–H groups in total. The SMILES string of the molecule is CN(Cc1ccccc1)Cc1ccc(CCO)cc1. The van der Waals surface area contributed by atoms with Crippen molar-refractivity contribution in [1.82, 2.24) is 4.90 Å². The topological polar surface area (TPSA) is 23.5 Å². The Morgan fingerprint density at radius 2 is 1.32 bits per heavy atom. The van der Waals surface area contributed by atoms with E-state index in [4.69, 9.17) is 5.11 Å². The van der Waals surface area contributed by atoms with Crippen LogP contribution in [-0.4, -0.2) is 23.7 Å². The Kier molecular flexibility index (Phi) is 5.13. The molecule has 19 heavy (non-hydrogen) atoms. The number of hydrogen-bond acceptors (Lipinski definition) is 2. The Balaban J connectivity index is 1.89. The Hall–Kier alpha value is -1.64. The molecule has 0 saturated carbocycles. The summed E-state index contributed by atoms with van der Waals surface area (Å²) in [5.41, 5.74) is 3.83. The number of hydrogen-bond donors (Lipinski definition) is 1. The molecule has 2 rings (SSSR count). The molecule has 0 fully saturated rings. The van der Waals surface area contributed by atoms with E-state index in [9.17, 15) is 0 Å².